The van der Waals surface area contributed by atoms with E-state index in [0.29, 0.717) is 12.8 Å². The van der Waals surface area contributed by atoms with Gasteiger partial charge in [-0.3, -0.25) is 4.18 Å². The quantitative estimate of drug-likeness (QED) is 0.641. The van der Waals surface area contributed by atoms with Gasteiger partial charge in [0, 0.05) is 13.1 Å². The van der Waals surface area contributed by atoms with Crippen LogP contribution < -0.4 is 0 Å². The van der Waals surface area contributed by atoms with Crippen molar-refractivity contribution in [2.45, 2.75) is 56.3 Å². The van der Waals surface area contributed by atoms with E-state index in [1.165, 1.54) is 0 Å². The van der Waals surface area contributed by atoms with Crippen LogP contribution >= 0.6 is 0 Å². The predicted molar refractivity (Wildman–Crippen MR) is 112 cm³/mol. The highest BCUT2D eigenvalue weighted by molar-refractivity contribution is 7.86. The largest absolute Gasteiger partial charge is 0.445 e. The molecule has 2 aliphatic rings. The molecule has 2 fully saturated rings. The number of hydrogen-bond acceptors (Lipinski definition) is 5. The zero-order valence-corrected chi connectivity index (χ0v) is 18.1. The van der Waals surface area contributed by atoms with Gasteiger partial charge in [-0.15, -0.1) is 0 Å². The Balaban J connectivity index is 1.22. The molecule has 0 aromatic heterocycles. The minimum absolute atomic E-state index is 0.0894. The number of carbonyl (C=O) groups is 1. The van der Waals surface area contributed by atoms with Crippen LogP contribution in [0, 0.1) is 12.3 Å². The highest BCUT2D eigenvalue weighted by Crippen LogP contribution is 2.58. The van der Waals surface area contributed by atoms with Gasteiger partial charge in [-0.2, -0.15) is 8.42 Å². The summed E-state index contributed by atoms with van der Waals surface area (Å²) in [5.41, 5.74) is 2.05. The van der Waals surface area contributed by atoms with E-state index in [2.05, 4.69) is 0 Å². The molecule has 6 nitrogen and oxygen atoms in total. The topological polar surface area (TPSA) is 72.9 Å². The molecular weight excluding hydrogens is 402 g/mol. The van der Waals surface area contributed by atoms with Crippen molar-refractivity contribution in [2.75, 3.05) is 7.05 Å². The lowest BCUT2D eigenvalue weighted by atomic mass is 9.52. The fourth-order valence-electron chi connectivity index (χ4n) is 4.43. The molecule has 0 N–H and O–H groups in total. The van der Waals surface area contributed by atoms with Gasteiger partial charge in [0.2, 0.25) is 0 Å². The fraction of sp³-hybridized carbons (Fsp3) is 0.435. The first-order chi connectivity index (χ1) is 14.3. The first-order valence-corrected chi connectivity index (χ1v) is 11.6. The van der Waals surface area contributed by atoms with Crippen LogP contribution in [0.3, 0.4) is 0 Å². The summed E-state index contributed by atoms with van der Waals surface area (Å²) in [6.07, 6.45) is 2.52. The summed E-state index contributed by atoms with van der Waals surface area (Å²) in [4.78, 5) is 14.2. The molecule has 2 aromatic carbocycles. The summed E-state index contributed by atoms with van der Waals surface area (Å²) in [6.45, 7) is 2.17. The van der Waals surface area contributed by atoms with Crippen molar-refractivity contribution in [2.24, 2.45) is 5.41 Å². The van der Waals surface area contributed by atoms with Gasteiger partial charge in [-0.25, -0.2) is 4.79 Å². The Morgan fingerprint density at radius 2 is 1.67 bits per heavy atom. The second-order valence-corrected chi connectivity index (χ2v) is 10.2. The minimum atomic E-state index is -3.73. The summed E-state index contributed by atoms with van der Waals surface area (Å²) in [6, 6.07) is 16.4. The molecule has 0 saturated heterocycles. The molecule has 0 bridgehead atoms. The van der Waals surface area contributed by atoms with Crippen molar-refractivity contribution in [3.8, 4) is 0 Å². The second kappa shape index (κ2) is 8.04. The molecule has 2 saturated carbocycles. The fourth-order valence-corrected chi connectivity index (χ4v) is 5.51. The lowest BCUT2D eigenvalue weighted by Gasteiger charge is -2.58. The third-order valence-corrected chi connectivity index (χ3v) is 7.65. The van der Waals surface area contributed by atoms with Crippen LogP contribution in [0.1, 0.15) is 36.8 Å². The Bertz CT molecular complexity index is 990. The summed E-state index contributed by atoms with van der Waals surface area (Å²) in [5, 5.41) is 0. The van der Waals surface area contributed by atoms with E-state index in [9.17, 15) is 13.2 Å². The Labute approximate surface area is 177 Å². The SMILES string of the molecule is Cc1ccc(S(=O)(=O)OC2CC3(C2)CC(N(C)C(=O)OCc2ccccc2)C3)cc1. The molecular formula is C23H27NO5S. The van der Waals surface area contributed by atoms with E-state index in [4.69, 9.17) is 8.92 Å². The Morgan fingerprint density at radius 1 is 1.03 bits per heavy atom. The van der Waals surface area contributed by atoms with Gasteiger partial charge >= 0.3 is 6.09 Å². The summed E-state index contributed by atoms with van der Waals surface area (Å²) < 4.78 is 35.7. The number of rotatable bonds is 6. The Hall–Kier alpha value is -2.38. The maximum Gasteiger partial charge on any atom is 0.410 e. The first-order valence-electron chi connectivity index (χ1n) is 10.2. The standard InChI is InChI=1S/C23H27NO5S/c1-17-8-10-21(11-9-17)30(26,27)29-20-14-23(15-20)12-19(13-23)24(2)22(25)28-16-18-6-4-3-5-7-18/h3-11,19-20H,12-16H2,1-2H3. The maximum atomic E-state index is 12.4. The molecule has 2 aliphatic carbocycles. The van der Waals surface area contributed by atoms with Gasteiger partial charge in [0.1, 0.15) is 6.61 Å². The minimum Gasteiger partial charge on any atom is -0.445 e. The average molecular weight is 430 g/mol. The van der Waals surface area contributed by atoms with Gasteiger partial charge in [0.15, 0.2) is 0 Å². The van der Waals surface area contributed by atoms with Crippen molar-refractivity contribution in [3.05, 3.63) is 65.7 Å². The van der Waals surface area contributed by atoms with Crippen molar-refractivity contribution >= 4 is 16.2 Å². The van der Waals surface area contributed by atoms with Crippen LogP contribution in [0.2, 0.25) is 0 Å². The van der Waals surface area contributed by atoms with Gasteiger partial charge < -0.3 is 9.64 Å². The van der Waals surface area contributed by atoms with E-state index in [-0.39, 0.29) is 35.2 Å². The molecule has 4 rings (SSSR count). The highest BCUT2D eigenvalue weighted by atomic mass is 32.2. The molecule has 0 radical (unpaired) electrons. The summed E-state index contributed by atoms with van der Waals surface area (Å²) >= 11 is 0. The number of nitrogens with zero attached hydrogens (tertiary/aromatic N) is 1. The Kier molecular flexibility index (Phi) is 5.59. The highest BCUT2D eigenvalue weighted by Gasteiger charge is 2.56. The summed E-state index contributed by atoms with van der Waals surface area (Å²) in [7, 11) is -1.97. The molecule has 1 amide bonds. The predicted octanol–water partition coefficient (Wildman–Crippen LogP) is 4.28. The van der Waals surface area contributed by atoms with Crippen molar-refractivity contribution in [1.29, 1.82) is 0 Å². The number of aryl methyl sites for hydroxylation is 1. The molecule has 2 aromatic rings. The van der Waals surface area contributed by atoms with Crippen LogP contribution in [0.15, 0.2) is 59.5 Å². The Morgan fingerprint density at radius 3 is 2.30 bits per heavy atom. The third-order valence-electron chi connectivity index (χ3n) is 6.27. The molecule has 0 heterocycles. The molecule has 0 atom stereocenters. The number of benzene rings is 2. The van der Waals surface area contributed by atoms with Crippen LogP contribution in [-0.2, 0) is 25.6 Å². The van der Waals surface area contributed by atoms with E-state index >= 15 is 0 Å². The van der Waals surface area contributed by atoms with Crippen LogP contribution in [0.4, 0.5) is 4.79 Å². The number of hydrogen-bond donors (Lipinski definition) is 0. The van der Waals surface area contributed by atoms with Gasteiger partial charge in [0.25, 0.3) is 10.1 Å². The van der Waals surface area contributed by atoms with E-state index in [1.54, 1.807) is 36.2 Å². The molecule has 7 heteroatoms. The second-order valence-electron chi connectivity index (χ2n) is 8.61. The molecule has 1 spiro atoms. The lowest BCUT2D eigenvalue weighted by molar-refractivity contribution is -0.104. The van der Waals surface area contributed by atoms with E-state index < -0.39 is 10.1 Å². The maximum absolute atomic E-state index is 12.4. The monoisotopic (exact) mass is 429 g/mol. The number of amides is 1. The molecule has 30 heavy (non-hydrogen) atoms. The van der Waals surface area contributed by atoms with Crippen LogP contribution in [0.25, 0.3) is 0 Å². The summed E-state index contributed by atoms with van der Waals surface area (Å²) in [5.74, 6) is 0. The molecule has 160 valence electrons. The third kappa shape index (κ3) is 4.37. The van der Waals surface area contributed by atoms with Crippen molar-refractivity contribution in [1.82, 2.24) is 4.90 Å². The smallest absolute Gasteiger partial charge is 0.410 e. The van der Waals surface area contributed by atoms with Gasteiger partial charge in [-0.05, 0) is 55.7 Å². The van der Waals surface area contributed by atoms with E-state index in [0.717, 1.165) is 24.0 Å². The molecule has 0 unspecified atom stereocenters. The lowest BCUT2D eigenvalue weighted by Crippen LogP contribution is -2.58. The average Bonchev–Trinajstić information content (AvgIpc) is 2.67. The normalized spacial score (nSPS) is 25.3. The van der Waals surface area contributed by atoms with Crippen LogP contribution in [0.5, 0.6) is 0 Å². The number of ether oxygens (including phenoxy) is 1. The first kappa shape index (κ1) is 20.9. The zero-order valence-electron chi connectivity index (χ0n) is 17.3. The van der Waals surface area contributed by atoms with Crippen molar-refractivity contribution in [3.63, 3.8) is 0 Å². The number of carbonyl (C=O) groups excluding carboxylic acids is 1. The van der Waals surface area contributed by atoms with Crippen LogP contribution in [-0.4, -0.2) is 38.6 Å². The van der Waals surface area contributed by atoms with E-state index in [1.807, 2.05) is 37.3 Å². The van der Waals surface area contributed by atoms with Gasteiger partial charge in [-0.1, -0.05) is 48.0 Å². The van der Waals surface area contributed by atoms with Crippen molar-refractivity contribution < 1.29 is 22.1 Å². The molecule has 0 aliphatic heterocycles. The van der Waals surface area contributed by atoms with Gasteiger partial charge in [0.05, 0.1) is 11.0 Å². The zero-order chi connectivity index (χ0) is 21.4.